The number of ether oxygens (including phenoxy) is 2. The number of phosphoric ester groups is 1. The first-order valence-corrected chi connectivity index (χ1v) is 21.4. The number of carbonyl (C=O) groups excluding carboxylic acids is 2. The highest BCUT2D eigenvalue weighted by Gasteiger charge is 2.27. The zero-order valence-corrected chi connectivity index (χ0v) is 33.6. The van der Waals surface area contributed by atoms with Gasteiger partial charge in [0.15, 0.2) is 6.10 Å². The van der Waals surface area contributed by atoms with Crippen molar-refractivity contribution in [3.05, 3.63) is 72.9 Å². The molecule has 1 unspecified atom stereocenters. The molecule has 0 saturated carbocycles. The topological polar surface area (TPSA) is 149 Å². The van der Waals surface area contributed by atoms with Crippen molar-refractivity contribution >= 4 is 19.8 Å². The van der Waals surface area contributed by atoms with Crippen LogP contribution in [0.5, 0.6) is 0 Å². The number of hydrogen-bond donors (Lipinski definition) is 3. The minimum atomic E-state index is -4.63. The Hall–Kier alpha value is -2.59. The number of aliphatic hydroxyl groups is 2. The quantitative estimate of drug-likeness (QED) is 0.0243. The molecule has 0 aliphatic heterocycles. The first-order chi connectivity index (χ1) is 25.7. The average Bonchev–Trinajstić information content (AvgIpc) is 3.14. The van der Waals surface area contributed by atoms with Gasteiger partial charge in [-0.1, -0.05) is 119 Å². The molecule has 10 nitrogen and oxygen atoms in total. The van der Waals surface area contributed by atoms with E-state index in [0.717, 1.165) is 83.5 Å². The number of esters is 2. The fraction of sp³-hybridized carbons (Fsp3) is 0.667. The maximum atomic E-state index is 12.6. The number of rotatable bonds is 36. The van der Waals surface area contributed by atoms with Gasteiger partial charge in [-0.05, 0) is 83.5 Å². The van der Waals surface area contributed by atoms with E-state index in [1.807, 2.05) is 0 Å². The van der Waals surface area contributed by atoms with E-state index in [9.17, 15) is 24.2 Å². The Morgan fingerprint density at radius 2 is 1.04 bits per heavy atom. The van der Waals surface area contributed by atoms with Crippen LogP contribution in [0, 0.1) is 0 Å². The van der Waals surface area contributed by atoms with Crippen LogP contribution < -0.4 is 0 Å². The SMILES string of the molecule is CCC=CCC=CCC=CCCCCCCCC(=O)OC[C@H](COP(=O)(O)OC[C@@H](O)CO)OC(=O)CCCCC=CCC=CCC=CCCCCC. The monoisotopic (exact) mass is 766 g/mol. The average molecular weight is 767 g/mol. The van der Waals surface area contributed by atoms with E-state index >= 15 is 0 Å². The van der Waals surface area contributed by atoms with Crippen molar-refractivity contribution in [1.82, 2.24) is 0 Å². The van der Waals surface area contributed by atoms with E-state index in [0.29, 0.717) is 12.8 Å². The van der Waals surface area contributed by atoms with Crippen LogP contribution in [0.4, 0.5) is 0 Å². The molecular formula is C42H71O10P. The zero-order chi connectivity index (χ0) is 39.1. The second-order valence-corrected chi connectivity index (χ2v) is 14.4. The lowest BCUT2D eigenvalue weighted by atomic mass is 10.1. The summed E-state index contributed by atoms with van der Waals surface area (Å²) in [7, 11) is -4.63. The molecule has 0 saturated heterocycles. The Bertz CT molecular complexity index is 1110. The maximum absolute atomic E-state index is 12.6. The van der Waals surface area contributed by atoms with Gasteiger partial charge < -0.3 is 24.6 Å². The molecule has 0 aliphatic carbocycles. The molecular weight excluding hydrogens is 695 g/mol. The molecule has 0 spiro atoms. The Labute approximate surface area is 320 Å². The van der Waals surface area contributed by atoms with E-state index < -0.39 is 51.8 Å². The minimum absolute atomic E-state index is 0.128. The standard InChI is InChI=1S/C42H71O10P/c1-3-5-7-9-11-13-15-17-19-21-23-25-27-29-31-33-41(45)49-37-40(38-51-53(47,48)50-36-39(44)35-43)52-42(46)34-32-30-28-26-24-22-20-18-16-14-12-10-8-6-4-2/h5,7,11-14,17-20,24,26,39-40,43-44H,3-4,6,8-10,15-16,21-23,25,27-38H2,1-2H3,(H,47,48)/t39-,40+/m0/s1. The Morgan fingerprint density at radius 3 is 1.60 bits per heavy atom. The van der Waals surface area contributed by atoms with Gasteiger partial charge in [-0.15, -0.1) is 0 Å². The molecule has 0 aromatic rings. The Morgan fingerprint density at radius 1 is 0.585 bits per heavy atom. The van der Waals surface area contributed by atoms with Crippen LogP contribution in [-0.2, 0) is 32.7 Å². The van der Waals surface area contributed by atoms with Crippen LogP contribution in [-0.4, -0.2) is 65.7 Å². The normalized spacial score (nSPS) is 14.7. The van der Waals surface area contributed by atoms with Gasteiger partial charge >= 0.3 is 19.8 Å². The number of aliphatic hydroxyl groups excluding tert-OH is 2. The molecule has 11 heteroatoms. The lowest BCUT2D eigenvalue weighted by molar-refractivity contribution is -0.161. The van der Waals surface area contributed by atoms with Crippen molar-refractivity contribution in [2.75, 3.05) is 26.4 Å². The summed E-state index contributed by atoms with van der Waals surface area (Å²) in [6.07, 6.45) is 41.6. The first kappa shape index (κ1) is 50.4. The van der Waals surface area contributed by atoms with Crippen molar-refractivity contribution in [3.8, 4) is 0 Å². The van der Waals surface area contributed by atoms with Crippen LogP contribution in [0.15, 0.2) is 72.9 Å². The predicted molar refractivity (Wildman–Crippen MR) is 214 cm³/mol. The third kappa shape index (κ3) is 37.5. The second-order valence-electron chi connectivity index (χ2n) is 12.9. The van der Waals surface area contributed by atoms with Crippen LogP contribution >= 0.6 is 7.82 Å². The summed E-state index contributed by atoms with van der Waals surface area (Å²) in [4.78, 5) is 34.9. The van der Waals surface area contributed by atoms with E-state index in [2.05, 4.69) is 91.3 Å². The van der Waals surface area contributed by atoms with Crippen LogP contribution in [0.2, 0.25) is 0 Å². The summed E-state index contributed by atoms with van der Waals surface area (Å²) >= 11 is 0. The highest BCUT2D eigenvalue weighted by Crippen LogP contribution is 2.43. The van der Waals surface area contributed by atoms with Crippen LogP contribution in [0.3, 0.4) is 0 Å². The lowest BCUT2D eigenvalue weighted by Gasteiger charge is -2.20. The van der Waals surface area contributed by atoms with Crippen LogP contribution in [0.25, 0.3) is 0 Å². The molecule has 53 heavy (non-hydrogen) atoms. The van der Waals surface area contributed by atoms with Gasteiger partial charge in [-0.25, -0.2) is 4.57 Å². The maximum Gasteiger partial charge on any atom is 0.472 e. The molecule has 3 N–H and O–H groups in total. The van der Waals surface area contributed by atoms with E-state index in [-0.39, 0.29) is 19.4 Å². The highest BCUT2D eigenvalue weighted by molar-refractivity contribution is 7.47. The van der Waals surface area contributed by atoms with Gasteiger partial charge in [-0.3, -0.25) is 18.6 Å². The number of carbonyl (C=O) groups is 2. The molecule has 0 radical (unpaired) electrons. The third-order valence-electron chi connectivity index (χ3n) is 7.84. The summed E-state index contributed by atoms with van der Waals surface area (Å²) in [5.41, 5.74) is 0. The third-order valence-corrected chi connectivity index (χ3v) is 8.80. The number of hydrogen-bond acceptors (Lipinski definition) is 9. The predicted octanol–water partition coefficient (Wildman–Crippen LogP) is 10.1. The summed E-state index contributed by atoms with van der Waals surface area (Å²) < 4.78 is 32.6. The van der Waals surface area contributed by atoms with Gasteiger partial charge in [0, 0.05) is 12.8 Å². The summed E-state index contributed by atoms with van der Waals surface area (Å²) in [5, 5.41) is 18.3. The molecule has 0 aliphatic rings. The molecule has 304 valence electrons. The van der Waals surface area contributed by atoms with Gasteiger partial charge in [-0.2, -0.15) is 0 Å². The number of unbranched alkanes of at least 4 members (excludes halogenated alkanes) is 10. The van der Waals surface area contributed by atoms with Crippen molar-refractivity contribution in [1.29, 1.82) is 0 Å². The molecule has 0 amide bonds. The van der Waals surface area contributed by atoms with Crippen molar-refractivity contribution < 1.29 is 47.8 Å². The van der Waals surface area contributed by atoms with E-state index in [4.69, 9.17) is 19.1 Å². The minimum Gasteiger partial charge on any atom is -0.462 e. The van der Waals surface area contributed by atoms with E-state index in [1.165, 1.54) is 19.3 Å². The van der Waals surface area contributed by atoms with Gasteiger partial charge in [0.2, 0.25) is 0 Å². The molecule has 0 aromatic carbocycles. The first-order valence-electron chi connectivity index (χ1n) is 19.9. The summed E-state index contributed by atoms with van der Waals surface area (Å²) in [6.45, 7) is 2.14. The molecule has 0 aromatic heterocycles. The zero-order valence-electron chi connectivity index (χ0n) is 32.7. The number of allylic oxidation sites excluding steroid dienone is 12. The molecule has 0 rings (SSSR count). The fourth-order valence-electron chi connectivity index (χ4n) is 4.78. The highest BCUT2D eigenvalue weighted by atomic mass is 31.2. The fourth-order valence-corrected chi connectivity index (χ4v) is 5.57. The lowest BCUT2D eigenvalue weighted by Crippen LogP contribution is -2.29. The molecule has 0 fully saturated rings. The molecule has 3 atom stereocenters. The second kappa shape index (κ2) is 37.7. The molecule has 0 bridgehead atoms. The van der Waals surface area contributed by atoms with Gasteiger partial charge in [0.05, 0.1) is 19.8 Å². The summed E-state index contributed by atoms with van der Waals surface area (Å²) in [5.74, 6) is -0.998. The van der Waals surface area contributed by atoms with Crippen molar-refractivity contribution in [2.45, 2.75) is 154 Å². The number of phosphoric acid groups is 1. The molecule has 0 heterocycles. The van der Waals surface area contributed by atoms with Crippen LogP contribution in [0.1, 0.15) is 142 Å². The Balaban J connectivity index is 4.46. The summed E-state index contributed by atoms with van der Waals surface area (Å²) in [6, 6.07) is 0. The smallest absolute Gasteiger partial charge is 0.462 e. The van der Waals surface area contributed by atoms with Gasteiger partial charge in [0.1, 0.15) is 12.7 Å². The van der Waals surface area contributed by atoms with Crippen molar-refractivity contribution in [3.63, 3.8) is 0 Å². The van der Waals surface area contributed by atoms with Gasteiger partial charge in [0.25, 0.3) is 0 Å². The van der Waals surface area contributed by atoms with E-state index in [1.54, 1.807) is 0 Å². The largest absolute Gasteiger partial charge is 0.472 e. The van der Waals surface area contributed by atoms with Crippen molar-refractivity contribution in [2.24, 2.45) is 0 Å². The Kier molecular flexibility index (Phi) is 35.9.